The van der Waals surface area contributed by atoms with Crippen molar-refractivity contribution in [2.24, 2.45) is 0 Å². The summed E-state index contributed by atoms with van der Waals surface area (Å²) in [6, 6.07) is 18.3. The third kappa shape index (κ3) is 4.41. The number of nitrogens with zero attached hydrogens (tertiary/aromatic N) is 2. The molecule has 0 atom stereocenters. The van der Waals surface area contributed by atoms with Crippen molar-refractivity contribution in [2.45, 2.75) is 0 Å². The topological polar surface area (TPSA) is 111 Å². The highest BCUT2D eigenvalue weighted by molar-refractivity contribution is 7.13. The number of benzene rings is 2. The van der Waals surface area contributed by atoms with Crippen LogP contribution in [0.2, 0.25) is 0 Å². The second kappa shape index (κ2) is 8.72. The number of ether oxygens (including phenoxy) is 1. The number of rotatable bonds is 6. The van der Waals surface area contributed by atoms with Gasteiger partial charge < -0.3 is 10.1 Å². The highest BCUT2D eigenvalue weighted by atomic mass is 32.1. The van der Waals surface area contributed by atoms with Gasteiger partial charge in [-0.1, -0.05) is 36.4 Å². The minimum absolute atomic E-state index is 0.0305. The Kier molecular flexibility index (Phi) is 5.67. The molecule has 0 aliphatic heterocycles. The predicted molar refractivity (Wildman–Crippen MR) is 117 cm³/mol. The molecule has 1 N–H and O–H groups in total. The lowest BCUT2D eigenvalue weighted by Gasteiger charge is -2.10. The van der Waals surface area contributed by atoms with Gasteiger partial charge in [0.25, 0.3) is 11.6 Å². The molecule has 0 fully saturated rings. The molecule has 1 amide bonds. The van der Waals surface area contributed by atoms with E-state index >= 15 is 0 Å². The summed E-state index contributed by atoms with van der Waals surface area (Å²) in [5, 5.41) is 16.0. The molecule has 2 heterocycles. The first-order valence-electron chi connectivity index (χ1n) is 9.17. The number of thiophene rings is 1. The first kappa shape index (κ1) is 20.2. The third-order valence-electron chi connectivity index (χ3n) is 4.42. The van der Waals surface area contributed by atoms with Gasteiger partial charge in [0.2, 0.25) is 0 Å². The lowest BCUT2D eigenvalue weighted by Crippen LogP contribution is -2.21. The van der Waals surface area contributed by atoms with E-state index in [0.717, 1.165) is 4.88 Å². The van der Waals surface area contributed by atoms with Crippen molar-refractivity contribution in [1.82, 2.24) is 4.98 Å². The van der Waals surface area contributed by atoms with E-state index < -0.39 is 23.4 Å². The maximum absolute atomic E-state index is 12.8. The number of nitrogens with one attached hydrogen (secondary N) is 1. The molecule has 154 valence electrons. The van der Waals surface area contributed by atoms with Crippen LogP contribution in [0.4, 0.5) is 11.4 Å². The second-order valence-electron chi connectivity index (χ2n) is 6.45. The zero-order valence-electron chi connectivity index (χ0n) is 16.0. The van der Waals surface area contributed by atoms with E-state index in [2.05, 4.69) is 10.3 Å². The lowest BCUT2D eigenvalue weighted by atomic mass is 10.1. The van der Waals surface area contributed by atoms with Crippen LogP contribution in [0.1, 0.15) is 10.4 Å². The number of esters is 1. The fourth-order valence-corrected chi connectivity index (χ4v) is 3.71. The number of hydrogen-bond acceptors (Lipinski definition) is 7. The summed E-state index contributed by atoms with van der Waals surface area (Å²) >= 11 is 1.49. The van der Waals surface area contributed by atoms with Crippen LogP contribution in [-0.2, 0) is 9.53 Å². The standard InChI is InChI=1S/C22H15N3O5S/c26-21(24-17-8-3-4-9-19(17)25(28)29)13-30-22(27)15-12-18(20-10-5-11-31-20)23-16-7-2-1-6-14(15)16/h1-12H,13H2,(H,24,26). The van der Waals surface area contributed by atoms with Crippen molar-refractivity contribution in [2.75, 3.05) is 11.9 Å². The van der Waals surface area contributed by atoms with Gasteiger partial charge in [0.15, 0.2) is 6.61 Å². The molecule has 0 spiro atoms. The summed E-state index contributed by atoms with van der Waals surface area (Å²) in [4.78, 5) is 41.0. The number of aromatic nitrogens is 1. The summed E-state index contributed by atoms with van der Waals surface area (Å²) < 4.78 is 5.20. The normalized spacial score (nSPS) is 10.6. The molecule has 0 aliphatic rings. The average molecular weight is 433 g/mol. The molecule has 31 heavy (non-hydrogen) atoms. The molecular formula is C22H15N3O5S. The molecule has 0 radical (unpaired) electrons. The molecule has 0 aliphatic carbocycles. The second-order valence-corrected chi connectivity index (χ2v) is 7.40. The van der Waals surface area contributed by atoms with Crippen molar-refractivity contribution >= 4 is 45.5 Å². The molecule has 0 unspecified atom stereocenters. The van der Waals surface area contributed by atoms with Crippen LogP contribution >= 0.6 is 11.3 Å². The Morgan fingerprint density at radius 2 is 1.84 bits per heavy atom. The number of hydrogen-bond donors (Lipinski definition) is 1. The number of amides is 1. The Bertz CT molecular complexity index is 1290. The molecule has 0 saturated carbocycles. The van der Waals surface area contributed by atoms with Gasteiger partial charge in [-0.2, -0.15) is 0 Å². The average Bonchev–Trinajstić information content (AvgIpc) is 3.32. The van der Waals surface area contributed by atoms with Gasteiger partial charge in [-0.3, -0.25) is 14.9 Å². The smallest absolute Gasteiger partial charge is 0.339 e. The fourth-order valence-electron chi connectivity index (χ4n) is 3.03. The molecule has 4 aromatic rings. The van der Waals surface area contributed by atoms with Crippen molar-refractivity contribution in [3.05, 3.63) is 87.8 Å². The zero-order valence-corrected chi connectivity index (χ0v) is 16.8. The van der Waals surface area contributed by atoms with Crippen LogP contribution in [0.15, 0.2) is 72.1 Å². The molecule has 4 rings (SSSR count). The Morgan fingerprint density at radius 1 is 1.06 bits per heavy atom. The summed E-state index contributed by atoms with van der Waals surface area (Å²) in [5.74, 6) is -1.37. The van der Waals surface area contributed by atoms with E-state index in [1.807, 2.05) is 23.6 Å². The van der Waals surface area contributed by atoms with E-state index in [1.54, 1.807) is 30.3 Å². The predicted octanol–water partition coefficient (Wildman–Crippen LogP) is 4.67. The minimum Gasteiger partial charge on any atom is -0.452 e. The number of carbonyl (C=O) groups excluding carboxylic acids is 2. The Labute approximate surface area is 180 Å². The van der Waals surface area contributed by atoms with Crippen molar-refractivity contribution in [1.29, 1.82) is 0 Å². The van der Waals surface area contributed by atoms with Crippen molar-refractivity contribution < 1.29 is 19.2 Å². The van der Waals surface area contributed by atoms with Crippen LogP contribution in [0.25, 0.3) is 21.5 Å². The summed E-state index contributed by atoms with van der Waals surface area (Å²) in [6.45, 7) is -0.587. The van der Waals surface area contributed by atoms with E-state index in [4.69, 9.17) is 4.74 Å². The quantitative estimate of drug-likeness (QED) is 0.269. The van der Waals surface area contributed by atoms with Gasteiger partial charge in [-0.25, -0.2) is 9.78 Å². The molecular weight excluding hydrogens is 418 g/mol. The van der Waals surface area contributed by atoms with E-state index in [9.17, 15) is 19.7 Å². The van der Waals surface area contributed by atoms with Crippen LogP contribution in [0, 0.1) is 10.1 Å². The number of pyridine rings is 1. The van der Waals surface area contributed by atoms with Crippen LogP contribution in [0.3, 0.4) is 0 Å². The summed E-state index contributed by atoms with van der Waals surface area (Å²) in [5.41, 5.74) is 1.33. The van der Waals surface area contributed by atoms with Gasteiger partial charge in [-0.05, 0) is 29.6 Å². The van der Waals surface area contributed by atoms with Crippen molar-refractivity contribution in [3.63, 3.8) is 0 Å². The monoisotopic (exact) mass is 433 g/mol. The molecule has 2 aromatic carbocycles. The molecule has 0 bridgehead atoms. The van der Waals surface area contributed by atoms with Crippen LogP contribution in [0.5, 0.6) is 0 Å². The highest BCUT2D eigenvalue weighted by Crippen LogP contribution is 2.28. The third-order valence-corrected chi connectivity index (χ3v) is 5.31. The largest absolute Gasteiger partial charge is 0.452 e. The number of carbonyl (C=O) groups is 2. The fraction of sp³-hybridized carbons (Fsp3) is 0.0455. The highest BCUT2D eigenvalue weighted by Gasteiger charge is 2.19. The van der Waals surface area contributed by atoms with Gasteiger partial charge >= 0.3 is 5.97 Å². The number of nitro benzene ring substituents is 1. The van der Waals surface area contributed by atoms with Gasteiger partial charge in [0.05, 0.1) is 26.6 Å². The molecule has 8 nitrogen and oxygen atoms in total. The van der Waals surface area contributed by atoms with Gasteiger partial charge in [0.1, 0.15) is 5.69 Å². The van der Waals surface area contributed by atoms with E-state index in [-0.39, 0.29) is 16.9 Å². The number of para-hydroxylation sites is 3. The van der Waals surface area contributed by atoms with Crippen molar-refractivity contribution in [3.8, 4) is 10.6 Å². The minimum atomic E-state index is -0.686. The Balaban J connectivity index is 1.54. The maximum atomic E-state index is 12.8. The Hall–Kier alpha value is -4.11. The van der Waals surface area contributed by atoms with Gasteiger partial charge in [-0.15, -0.1) is 11.3 Å². The summed E-state index contributed by atoms with van der Waals surface area (Å²) in [6.07, 6.45) is 0. The number of fused-ring (bicyclic) bond motifs is 1. The van der Waals surface area contributed by atoms with E-state index in [1.165, 1.54) is 29.5 Å². The van der Waals surface area contributed by atoms with Gasteiger partial charge in [0, 0.05) is 11.5 Å². The van der Waals surface area contributed by atoms with Crippen LogP contribution in [-0.4, -0.2) is 28.4 Å². The Morgan fingerprint density at radius 3 is 2.61 bits per heavy atom. The zero-order chi connectivity index (χ0) is 21.8. The van der Waals surface area contributed by atoms with E-state index in [0.29, 0.717) is 16.6 Å². The van der Waals surface area contributed by atoms with Crippen LogP contribution < -0.4 is 5.32 Å². The lowest BCUT2D eigenvalue weighted by molar-refractivity contribution is -0.383. The SMILES string of the molecule is O=C(COC(=O)c1cc(-c2cccs2)nc2ccccc12)Nc1ccccc1[N+](=O)[O-]. The first-order valence-corrected chi connectivity index (χ1v) is 10.0. The molecule has 2 aromatic heterocycles. The number of anilines is 1. The molecule has 0 saturated heterocycles. The number of nitro groups is 1. The molecule has 9 heteroatoms. The summed E-state index contributed by atoms with van der Waals surface area (Å²) in [7, 11) is 0. The first-order chi connectivity index (χ1) is 15.0. The maximum Gasteiger partial charge on any atom is 0.339 e.